The maximum Gasteiger partial charge on any atom is 0.215 e. The molecule has 3 N–H and O–H groups in total. The van der Waals surface area contributed by atoms with Crippen LogP contribution in [0.15, 0.2) is 121 Å². The second kappa shape index (κ2) is 10.5. The molecule has 0 aliphatic carbocycles. The molecule has 1 aliphatic heterocycles. The number of hydrogen-bond acceptors (Lipinski definition) is 4. The fraction of sp³-hybridized carbons (Fsp3) is 0.0370. The topological polar surface area (TPSA) is 97.3 Å². The second-order valence-electron chi connectivity index (χ2n) is 7.65. The van der Waals surface area contributed by atoms with Gasteiger partial charge in [-0.1, -0.05) is 97.1 Å². The van der Waals surface area contributed by atoms with Crippen molar-refractivity contribution in [2.24, 2.45) is 0 Å². The Hall–Kier alpha value is -3.75. The minimum absolute atomic E-state index is 0.143. The van der Waals surface area contributed by atoms with E-state index < -0.39 is 10.4 Å². The van der Waals surface area contributed by atoms with Crippen LogP contribution in [0, 0.1) is 0 Å². The quantitative estimate of drug-likeness (QED) is 0.341. The predicted molar refractivity (Wildman–Crippen MR) is 132 cm³/mol. The van der Waals surface area contributed by atoms with E-state index in [4.69, 9.17) is 17.5 Å². The summed E-state index contributed by atoms with van der Waals surface area (Å²) in [7, 11) is -4.92. The zero-order chi connectivity index (χ0) is 24.0. The number of nitrogens with zero attached hydrogens (tertiary/aromatic N) is 1. The van der Waals surface area contributed by atoms with Crippen molar-refractivity contribution in [1.29, 1.82) is 0 Å². The summed E-state index contributed by atoms with van der Waals surface area (Å²) in [4.78, 5) is 2.47. The third kappa shape index (κ3) is 5.78. The highest BCUT2D eigenvalue weighted by atomic mass is 32.3. The molecule has 1 unspecified atom stereocenters. The van der Waals surface area contributed by atoms with E-state index in [9.17, 15) is 0 Å². The van der Waals surface area contributed by atoms with Gasteiger partial charge in [0.2, 0.25) is 10.4 Å². The van der Waals surface area contributed by atoms with Gasteiger partial charge in [-0.25, -0.2) is 8.42 Å². The smallest absolute Gasteiger partial charge is 0.215 e. The van der Waals surface area contributed by atoms with Crippen molar-refractivity contribution in [1.82, 2.24) is 0 Å². The fourth-order valence-corrected chi connectivity index (χ4v) is 4.10. The molecule has 6 nitrogen and oxygen atoms in total. The summed E-state index contributed by atoms with van der Waals surface area (Å²) in [5, 5.41) is 2.40. The van der Waals surface area contributed by atoms with Crippen LogP contribution < -0.4 is 10.2 Å². The molecule has 1 heterocycles. The minimum atomic E-state index is -4.92. The van der Waals surface area contributed by atoms with Crippen LogP contribution in [-0.4, -0.2) is 17.5 Å². The molecular formula is C27H24N2O4S. The Kier molecular flexibility index (Phi) is 7.20. The maximum atomic E-state index is 8.63. The first kappa shape index (κ1) is 23.4. The van der Waals surface area contributed by atoms with Crippen molar-refractivity contribution in [2.45, 2.75) is 6.17 Å². The van der Waals surface area contributed by atoms with Crippen LogP contribution >= 0.6 is 0 Å². The molecule has 1 aliphatic rings. The van der Waals surface area contributed by atoms with Gasteiger partial charge in [-0.2, -0.15) is 0 Å². The highest BCUT2D eigenvalue weighted by Crippen LogP contribution is 2.39. The van der Waals surface area contributed by atoms with Crippen LogP contribution in [0.3, 0.4) is 0 Å². The van der Waals surface area contributed by atoms with Gasteiger partial charge in [0.1, 0.15) is 5.70 Å². The Balaban J connectivity index is 0.000000499. The summed E-state index contributed by atoms with van der Waals surface area (Å²) in [6.07, 6.45) is 0.143. The zero-order valence-electron chi connectivity index (χ0n) is 18.2. The van der Waals surface area contributed by atoms with Gasteiger partial charge in [0.25, 0.3) is 0 Å². The lowest BCUT2D eigenvalue weighted by Gasteiger charge is -2.26. The van der Waals surface area contributed by atoms with Gasteiger partial charge >= 0.3 is 0 Å². The van der Waals surface area contributed by atoms with E-state index in [0.29, 0.717) is 0 Å². The van der Waals surface area contributed by atoms with Crippen LogP contribution in [0.2, 0.25) is 0 Å². The lowest BCUT2D eigenvalue weighted by molar-refractivity contribution is -0.600. The van der Waals surface area contributed by atoms with E-state index in [1.54, 1.807) is 0 Å². The van der Waals surface area contributed by atoms with Crippen molar-refractivity contribution in [3.05, 3.63) is 138 Å². The average molecular weight is 473 g/mol. The molecule has 172 valence electrons. The summed E-state index contributed by atoms with van der Waals surface area (Å²) >= 11 is 0. The molecule has 34 heavy (non-hydrogen) atoms. The molecular weight excluding hydrogens is 448 g/mol. The van der Waals surface area contributed by atoms with Crippen molar-refractivity contribution < 1.29 is 22.8 Å². The molecule has 0 bridgehead atoms. The number of nitrogens with two attached hydrogens (primary N) is 1. The second-order valence-corrected chi connectivity index (χ2v) is 8.51. The highest BCUT2D eigenvalue weighted by Gasteiger charge is 2.39. The van der Waals surface area contributed by atoms with E-state index in [1.165, 1.54) is 33.8 Å². The summed E-state index contributed by atoms with van der Waals surface area (Å²) < 4.78 is 32.8. The number of hydrogen-bond donors (Lipinski definition) is 2. The summed E-state index contributed by atoms with van der Waals surface area (Å²) in [5.41, 5.74) is 7.47. The number of para-hydroxylation sites is 1. The SMILES string of the molecule is O=S(=O)([O-])O.c1ccc(C2=C(c3ccccc3)N(c3ccccc3)C(c3ccccc3)[NH2+]2)cc1. The first-order chi connectivity index (χ1) is 16.4. The van der Waals surface area contributed by atoms with Gasteiger partial charge in [-0.15, -0.1) is 0 Å². The fourth-order valence-electron chi connectivity index (χ4n) is 4.10. The summed E-state index contributed by atoms with van der Waals surface area (Å²) in [6, 6.07) is 42.9. The zero-order valence-corrected chi connectivity index (χ0v) is 19.0. The standard InChI is InChI=1S/C27H22N2.H2O4S/c1-5-13-21(14-6-1)25-26(22-15-7-2-8-16-22)29(24-19-11-4-12-20-24)27(28-25)23-17-9-3-10-18-23;1-5(2,3)4/h1-20,27-28H;(H2,1,2,3,4). The number of benzene rings is 4. The Morgan fingerprint density at radius 1 is 0.676 bits per heavy atom. The third-order valence-corrected chi connectivity index (χ3v) is 5.41. The highest BCUT2D eigenvalue weighted by molar-refractivity contribution is 7.79. The van der Waals surface area contributed by atoms with Gasteiger partial charge in [0.05, 0.1) is 0 Å². The van der Waals surface area contributed by atoms with Crippen LogP contribution in [-0.2, 0) is 10.4 Å². The monoisotopic (exact) mass is 472 g/mol. The van der Waals surface area contributed by atoms with E-state index in [0.717, 1.165) is 0 Å². The maximum absolute atomic E-state index is 8.63. The molecule has 0 fully saturated rings. The van der Waals surface area contributed by atoms with Crippen LogP contribution in [0.5, 0.6) is 0 Å². The Bertz CT molecular complexity index is 1340. The number of quaternary nitrogens is 1. The molecule has 4 aromatic carbocycles. The van der Waals surface area contributed by atoms with Gasteiger partial charge in [-0.3, -0.25) is 14.8 Å². The third-order valence-electron chi connectivity index (χ3n) is 5.41. The molecule has 0 saturated carbocycles. The summed E-state index contributed by atoms with van der Waals surface area (Å²) in [6.45, 7) is 0. The van der Waals surface area contributed by atoms with Crippen molar-refractivity contribution in [3.8, 4) is 0 Å². The van der Waals surface area contributed by atoms with Crippen molar-refractivity contribution >= 4 is 27.5 Å². The van der Waals surface area contributed by atoms with Gasteiger partial charge in [-0.05, 0) is 24.3 Å². The molecule has 0 amide bonds. The lowest BCUT2D eigenvalue weighted by atomic mass is 10.0. The van der Waals surface area contributed by atoms with E-state index >= 15 is 0 Å². The van der Waals surface area contributed by atoms with Crippen LogP contribution in [0.4, 0.5) is 5.69 Å². The first-order valence-corrected chi connectivity index (χ1v) is 12.1. The predicted octanol–water partition coefficient (Wildman–Crippen LogP) is 4.30. The van der Waals surface area contributed by atoms with E-state index in [2.05, 4.69) is 132 Å². The molecule has 5 rings (SSSR count). The molecule has 7 heteroatoms. The largest absolute Gasteiger partial charge is 0.726 e. The molecule has 0 aromatic heterocycles. The van der Waals surface area contributed by atoms with Gasteiger partial charge in [0.15, 0.2) is 11.9 Å². The van der Waals surface area contributed by atoms with Crippen LogP contribution in [0.1, 0.15) is 22.9 Å². The Labute approximate surface area is 199 Å². The normalized spacial score (nSPS) is 15.6. The van der Waals surface area contributed by atoms with E-state index in [1.807, 2.05) is 0 Å². The minimum Gasteiger partial charge on any atom is -0.726 e. The average Bonchev–Trinajstić information content (AvgIpc) is 3.26. The molecule has 0 radical (unpaired) electrons. The van der Waals surface area contributed by atoms with Crippen LogP contribution in [0.25, 0.3) is 11.4 Å². The van der Waals surface area contributed by atoms with Gasteiger partial charge in [0, 0.05) is 22.4 Å². The molecule has 0 spiro atoms. The number of anilines is 1. The molecule has 1 atom stereocenters. The van der Waals surface area contributed by atoms with Crippen molar-refractivity contribution in [2.75, 3.05) is 4.90 Å². The Morgan fingerprint density at radius 2 is 1.09 bits per heavy atom. The molecule has 0 saturated heterocycles. The molecule has 4 aromatic rings. The number of rotatable bonds is 4. The first-order valence-electron chi connectivity index (χ1n) is 10.7. The lowest BCUT2D eigenvalue weighted by Crippen LogP contribution is -2.82. The van der Waals surface area contributed by atoms with Gasteiger partial charge < -0.3 is 4.55 Å². The van der Waals surface area contributed by atoms with Crippen molar-refractivity contribution in [3.63, 3.8) is 0 Å². The Morgan fingerprint density at radius 3 is 1.59 bits per heavy atom. The summed E-state index contributed by atoms with van der Waals surface area (Å²) in [5.74, 6) is 0. The van der Waals surface area contributed by atoms with E-state index in [-0.39, 0.29) is 6.17 Å².